The van der Waals surface area contributed by atoms with Gasteiger partial charge in [0, 0.05) is 7.11 Å². The zero-order valence-electron chi connectivity index (χ0n) is 8.21. The van der Waals surface area contributed by atoms with Gasteiger partial charge in [0.15, 0.2) is 0 Å². The predicted molar refractivity (Wildman–Crippen MR) is 49.5 cm³/mol. The smallest absolute Gasteiger partial charge is 0.407 e. The molecule has 0 bridgehead atoms. The van der Waals surface area contributed by atoms with Crippen molar-refractivity contribution in [1.29, 1.82) is 0 Å². The third-order valence-electron chi connectivity index (χ3n) is 1.48. The second-order valence-corrected chi connectivity index (χ2v) is 2.59. The van der Waals surface area contributed by atoms with Crippen molar-refractivity contribution in [3.63, 3.8) is 0 Å². The molecule has 0 aliphatic heterocycles. The van der Waals surface area contributed by atoms with Gasteiger partial charge in [-0.15, -0.1) is 0 Å². The highest BCUT2D eigenvalue weighted by molar-refractivity contribution is 5.67. The quantitative estimate of drug-likeness (QED) is 0.623. The van der Waals surface area contributed by atoms with E-state index in [0.717, 1.165) is 0 Å². The molecular formula is C8H18N2O3. The number of hydrogen-bond donors (Lipinski definition) is 2. The number of hydrogen-bond acceptors (Lipinski definition) is 4. The van der Waals surface area contributed by atoms with Gasteiger partial charge >= 0.3 is 6.09 Å². The van der Waals surface area contributed by atoms with E-state index in [1.807, 2.05) is 0 Å². The average molecular weight is 190 g/mol. The van der Waals surface area contributed by atoms with E-state index < -0.39 is 6.09 Å². The second-order valence-electron chi connectivity index (χ2n) is 2.59. The second kappa shape index (κ2) is 7.82. The number of nitrogens with two attached hydrogens (primary N) is 1. The van der Waals surface area contributed by atoms with Gasteiger partial charge in [-0.3, -0.25) is 0 Å². The maximum atomic E-state index is 11.0. The number of methoxy groups -OCH3 is 1. The lowest BCUT2D eigenvalue weighted by molar-refractivity contribution is 0.128. The third kappa shape index (κ3) is 6.36. The molecule has 5 nitrogen and oxygen atoms in total. The molecule has 0 radical (unpaired) electrons. The van der Waals surface area contributed by atoms with Crippen LogP contribution in [0.5, 0.6) is 0 Å². The highest BCUT2D eigenvalue weighted by atomic mass is 16.5. The maximum Gasteiger partial charge on any atom is 0.407 e. The zero-order valence-corrected chi connectivity index (χ0v) is 8.21. The number of carbonyl (C=O) groups is 1. The molecule has 0 saturated carbocycles. The fourth-order valence-corrected chi connectivity index (χ4v) is 0.939. The minimum Gasteiger partial charge on any atom is -0.450 e. The lowest BCUT2D eigenvalue weighted by atomic mass is 10.2. The van der Waals surface area contributed by atoms with Gasteiger partial charge in [-0.05, 0) is 19.9 Å². The minimum atomic E-state index is -0.419. The first kappa shape index (κ1) is 12.2. The summed E-state index contributed by atoms with van der Waals surface area (Å²) in [6.07, 6.45) is 0.269. The van der Waals surface area contributed by atoms with Crippen LogP contribution in [0.25, 0.3) is 0 Å². The molecule has 0 aromatic heterocycles. The molecule has 1 atom stereocenters. The van der Waals surface area contributed by atoms with Crippen LogP contribution in [0.3, 0.4) is 0 Å². The maximum absolute atomic E-state index is 11.0. The van der Waals surface area contributed by atoms with Crippen LogP contribution in [-0.2, 0) is 9.47 Å². The zero-order chi connectivity index (χ0) is 10.1. The number of carbonyl (C=O) groups excluding carboxylic acids is 1. The van der Waals surface area contributed by atoms with E-state index in [1.54, 1.807) is 14.0 Å². The van der Waals surface area contributed by atoms with Crippen LogP contribution in [0.15, 0.2) is 0 Å². The van der Waals surface area contributed by atoms with Gasteiger partial charge < -0.3 is 20.5 Å². The summed E-state index contributed by atoms with van der Waals surface area (Å²) in [7, 11) is 1.58. The van der Waals surface area contributed by atoms with E-state index in [2.05, 4.69) is 5.32 Å². The molecule has 1 unspecified atom stereocenters. The van der Waals surface area contributed by atoms with Gasteiger partial charge in [0.05, 0.1) is 19.3 Å². The topological polar surface area (TPSA) is 73.6 Å². The number of nitrogens with one attached hydrogen (secondary N) is 1. The monoisotopic (exact) mass is 190 g/mol. The number of amides is 1. The molecule has 3 N–H and O–H groups in total. The van der Waals surface area contributed by atoms with Crippen molar-refractivity contribution >= 4 is 6.09 Å². The van der Waals surface area contributed by atoms with E-state index in [0.29, 0.717) is 26.2 Å². The summed E-state index contributed by atoms with van der Waals surface area (Å²) in [4.78, 5) is 11.0. The summed E-state index contributed by atoms with van der Waals surface area (Å²) < 4.78 is 9.63. The summed E-state index contributed by atoms with van der Waals surface area (Å²) in [6, 6.07) is -0.0611. The Balaban J connectivity index is 3.71. The van der Waals surface area contributed by atoms with Crippen molar-refractivity contribution in [3.8, 4) is 0 Å². The van der Waals surface area contributed by atoms with Crippen LogP contribution in [0, 0.1) is 0 Å². The normalized spacial score (nSPS) is 12.2. The fourth-order valence-electron chi connectivity index (χ4n) is 0.939. The standard InChI is InChI=1S/C8H18N2O3/c1-3-13-8(11)10-7(4-5-9)6-12-2/h7H,3-6,9H2,1-2H3,(H,10,11). The molecule has 0 saturated heterocycles. The molecule has 0 aromatic carbocycles. The van der Waals surface area contributed by atoms with Crippen LogP contribution in [0.4, 0.5) is 4.79 Å². The molecule has 0 fully saturated rings. The molecular weight excluding hydrogens is 172 g/mol. The van der Waals surface area contributed by atoms with Crippen molar-refractivity contribution < 1.29 is 14.3 Å². The minimum absolute atomic E-state index is 0.0611. The largest absolute Gasteiger partial charge is 0.450 e. The molecule has 78 valence electrons. The Labute approximate surface area is 78.6 Å². The van der Waals surface area contributed by atoms with Crippen molar-refractivity contribution in [2.75, 3.05) is 26.9 Å². The highest BCUT2D eigenvalue weighted by Crippen LogP contribution is 1.92. The Morgan fingerprint density at radius 1 is 1.62 bits per heavy atom. The van der Waals surface area contributed by atoms with E-state index in [-0.39, 0.29) is 6.04 Å². The van der Waals surface area contributed by atoms with Crippen LogP contribution < -0.4 is 11.1 Å². The fraction of sp³-hybridized carbons (Fsp3) is 0.875. The van der Waals surface area contributed by atoms with Crippen LogP contribution >= 0.6 is 0 Å². The third-order valence-corrected chi connectivity index (χ3v) is 1.48. The summed E-state index contributed by atoms with van der Waals surface area (Å²) in [5.41, 5.74) is 5.36. The molecule has 0 aliphatic rings. The van der Waals surface area contributed by atoms with E-state index in [4.69, 9.17) is 15.2 Å². The molecule has 0 rings (SSSR count). The van der Waals surface area contributed by atoms with E-state index in [1.165, 1.54) is 0 Å². The summed E-state index contributed by atoms with van der Waals surface area (Å²) in [6.45, 7) is 3.10. The van der Waals surface area contributed by atoms with Gasteiger partial charge in [-0.25, -0.2) is 4.79 Å². The van der Waals surface area contributed by atoms with Gasteiger partial charge in [0.2, 0.25) is 0 Å². The Hall–Kier alpha value is -0.810. The highest BCUT2D eigenvalue weighted by Gasteiger charge is 2.11. The lowest BCUT2D eigenvalue weighted by Crippen LogP contribution is -2.39. The Bertz CT molecular complexity index is 135. The molecule has 0 heterocycles. The lowest BCUT2D eigenvalue weighted by Gasteiger charge is -2.16. The SMILES string of the molecule is CCOC(=O)NC(CCN)COC. The first-order valence-corrected chi connectivity index (χ1v) is 4.36. The number of alkyl carbamates (subject to hydrolysis) is 1. The summed E-state index contributed by atoms with van der Waals surface area (Å²) in [5.74, 6) is 0. The van der Waals surface area contributed by atoms with Gasteiger partial charge in [-0.2, -0.15) is 0 Å². The van der Waals surface area contributed by atoms with Gasteiger partial charge in [0.1, 0.15) is 0 Å². The van der Waals surface area contributed by atoms with Crippen molar-refractivity contribution in [2.45, 2.75) is 19.4 Å². The molecule has 13 heavy (non-hydrogen) atoms. The van der Waals surface area contributed by atoms with Gasteiger partial charge in [0.25, 0.3) is 0 Å². The molecule has 5 heteroatoms. The molecule has 0 spiro atoms. The Morgan fingerprint density at radius 2 is 2.31 bits per heavy atom. The number of rotatable bonds is 6. The average Bonchev–Trinajstić information content (AvgIpc) is 2.05. The van der Waals surface area contributed by atoms with E-state index >= 15 is 0 Å². The molecule has 1 amide bonds. The van der Waals surface area contributed by atoms with Crippen molar-refractivity contribution in [2.24, 2.45) is 5.73 Å². The molecule has 0 aromatic rings. The Morgan fingerprint density at radius 3 is 2.77 bits per heavy atom. The first-order valence-electron chi connectivity index (χ1n) is 4.36. The van der Waals surface area contributed by atoms with E-state index in [9.17, 15) is 4.79 Å². The predicted octanol–water partition coefficient (Wildman–Crippen LogP) is 0.0963. The van der Waals surface area contributed by atoms with Crippen molar-refractivity contribution in [3.05, 3.63) is 0 Å². The van der Waals surface area contributed by atoms with Crippen LogP contribution in [-0.4, -0.2) is 39.0 Å². The number of ether oxygens (including phenoxy) is 2. The Kier molecular flexibility index (Phi) is 7.33. The summed E-state index contributed by atoms with van der Waals surface area (Å²) >= 11 is 0. The molecule has 0 aliphatic carbocycles. The van der Waals surface area contributed by atoms with Crippen molar-refractivity contribution in [1.82, 2.24) is 5.32 Å². The van der Waals surface area contributed by atoms with Crippen LogP contribution in [0.2, 0.25) is 0 Å². The first-order chi connectivity index (χ1) is 6.24. The summed E-state index contributed by atoms with van der Waals surface area (Å²) in [5, 5.41) is 2.65. The van der Waals surface area contributed by atoms with Crippen LogP contribution in [0.1, 0.15) is 13.3 Å². The van der Waals surface area contributed by atoms with Gasteiger partial charge in [-0.1, -0.05) is 0 Å².